The molecular formula is C12H12F3NO2. The zero-order chi connectivity index (χ0) is 13.2. The number of nitrogens with one attached hydrogen (secondary N) is 1. The van der Waals surface area contributed by atoms with Crippen molar-refractivity contribution in [3.63, 3.8) is 0 Å². The first-order valence-corrected chi connectivity index (χ1v) is 5.54. The van der Waals surface area contributed by atoms with E-state index in [1.807, 2.05) is 30.3 Å². The van der Waals surface area contributed by atoms with Gasteiger partial charge in [-0.05, 0) is 18.4 Å². The number of halogens is 3. The van der Waals surface area contributed by atoms with Crippen molar-refractivity contribution in [3.05, 3.63) is 35.9 Å². The maximum Gasteiger partial charge on any atom is 0.427 e. The fourth-order valence-corrected chi connectivity index (χ4v) is 1.94. The maximum atomic E-state index is 12.6. The molecular weight excluding hydrogens is 247 g/mol. The van der Waals surface area contributed by atoms with Crippen LogP contribution in [-0.4, -0.2) is 24.4 Å². The quantitative estimate of drug-likeness (QED) is 0.906. The summed E-state index contributed by atoms with van der Waals surface area (Å²) >= 11 is 0. The highest BCUT2D eigenvalue weighted by molar-refractivity contribution is 5.70. The molecule has 0 aromatic heterocycles. The third-order valence-corrected chi connectivity index (χ3v) is 2.81. The van der Waals surface area contributed by atoms with Gasteiger partial charge in [0, 0.05) is 0 Å². The highest BCUT2D eigenvalue weighted by Crippen LogP contribution is 2.30. The van der Waals surface area contributed by atoms with E-state index in [9.17, 15) is 18.0 Å². The van der Waals surface area contributed by atoms with Crippen LogP contribution in [0.1, 0.15) is 12.0 Å². The second-order valence-electron chi connectivity index (χ2n) is 4.14. The lowest BCUT2D eigenvalue weighted by atomic mass is 10.0. The first kappa shape index (κ1) is 12.7. The van der Waals surface area contributed by atoms with Crippen molar-refractivity contribution in [1.82, 2.24) is 5.32 Å². The second-order valence-corrected chi connectivity index (χ2v) is 4.14. The first-order chi connectivity index (χ1) is 8.47. The molecule has 98 valence electrons. The average Bonchev–Trinajstić information content (AvgIpc) is 2.69. The van der Waals surface area contributed by atoms with Gasteiger partial charge in [0.15, 0.2) is 0 Å². The molecule has 1 fully saturated rings. The van der Waals surface area contributed by atoms with Crippen LogP contribution in [0.2, 0.25) is 0 Å². The van der Waals surface area contributed by atoms with Crippen LogP contribution in [0.15, 0.2) is 30.3 Å². The van der Waals surface area contributed by atoms with E-state index in [1.165, 1.54) is 0 Å². The van der Waals surface area contributed by atoms with Gasteiger partial charge in [-0.3, -0.25) is 0 Å². The van der Waals surface area contributed by atoms with Crippen molar-refractivity contribution in [2.45, 2.75) is 31.2 Å². The number of hydrogen-bond donors (Lipinski definition) is 1. The summed E-state index contributed by atoms with van der Waals surface area (Å²) < 4.78 is 42.0. The van der Waals surface area contributed by atoms with Gasteiger partial charge in [0.1, 0.15) is 0 Å². The fourth-order valence-electron chi connectivity index (χ4n) is 1.94. The molecule has 0 saturated carbocycles. The minimum absolute atomic E-state index is 0.194. The van der Waals surface area contributed by atoms with E-state index in [2.05, 4.69) is 10.1 Å². The predicted octanol–water partition coefficient (Wildman–Crippen LogP) is 2.66. The standard InChI is InChI=1S/C12H12F3NO2/c13-12(14,15)10-9(16-11(17)18-10)7-6-8-4-2-1-3-5-8/h1-5,9-10H,6-7H2,(H,16,17)/t9-,10+/m0/s1. The van der Waals surface area contributed by atoms with Crippen molar-refractivity contribution >= 4 is 6.09 Å². The molecule has 3 nitrogen and oxygen atoms in total. The molecule has 0 radical (unpaired) electrons. The second kappa shape index (κ2) is 4.88. The molecule has 6 heteroatoms. The molecule has 1 saturated heterocycles. The van der Waals surface area contributed by atoms with Gasteiger partial charge in [-0.25, -0.2) is 4.79 Å². The van der Waals surface area contributed by atoms with E-state index in [4.69, 9.17) is 0 Å². The van der Waals surface area contributed by atoms with Crippen LogP contribution in [0.5, 0.6) is 0 Å². The number of rotatable bonds is 3. The Hall–Kier alpha value is -1.72. The Morgan fingerprint density at radius 3 is 2.50 bits per heavy atom. The summed E-state index contributed by atoms with van der Waals surface area (Å²) in [5.41, 5.74) is 0.930. The van der Waals surface area contributed by atoms with Gasteiger partial charge in [0.2, 0.25) is 6.10 Å². The van der Waals surface area contributed by atoms with Crippen molar-refractivity contribution in [3.8, 4) is 0 Å². The molecule has 1 N–H and O–H groups in total. The van der Waals surface area contributed by atoms with Gasteiger partial charge < -0.3 is 10.1 Å². The van der Waals surface area contributed by atoms with Crippen molar-refractivity contribution < 1.29 is 22.7 Å². The maximum absolute atomic E-state index is 12.6. The number of hydrogen-bond acceptors (Lipinski definition) is 2. The highest BCUT2D eigenvalue weighted by Gasteiger charge is 2.51. The van der Waals surface area contributed by atoms with Crippen LogP contribution in [0, 0.1) is 0 Å². The number of amides is 1. The molecule has 18 heavy (non-hydrogen) atoms. The minimum Gasteiger partial charge on any atom is -0.434 e. The van der Waals surface area contributed by atoms with E-state index in [0.29, 0.717) is 6.42 Å². The number of carbonyl (C=O) groups excluding carboxylic acids is 1. The molecule has 0 unspecified atom stereocenters. The molecule has 0 bridgehead atoms. The summed E-state index contributed by atoms with van der Waals surface area (Å²) in [5.74, 6) is 0. The Labute approximate surface area is 102 Å². The normalized spacial score (nSPS) is 23.6. The number of cyclic esters (lactones) is 1. The lowest BCUT2D eigenvalue weighted by molar-refractivity contribution is -0.199. The first-order valence-electron chi connectivity index (χ1n) is 5.54. The zero-order valence-corrected chi connectivity index (χ0v) is 9.41. The number of ether oxygens (including phenoxy) is 1. The summed E-state index contributed by atoms with van der Waals surface area (Å²) in [6, 6.07) is 8.13. The van der Waals surface area contributed by atoms with Gasteiger partial charge in [-0.15, -0.1) is 0 Å². The fraction of sp³-hybridized carbons (Fsp3) is 0.417. The third-order valence-electron chi connectivity index (χ3n) is 2.81. The van der Waals surface area contributed by atoms with E-state index < -0.39 is 24.4 Å². The average molecular weight is 259 g/mol. The van der Waals surface area contributed by atoms with Crippen LogP contribution in [0.3, 0.4) is 0 Å². The molecule has 0 spiro atoms. The number of benzene rings is 1. The van der Waals surface area contributed by atoms with Crippen LogP contribution >= 0.6 is 0 Å². The number of alkyl halides is 3. The Kier molecular flexibility index (Phi) is 3.45. The topological polar surface area (TPSA) is 38.3 Å². The smallest absolute Gasteiger partial charge is 0.427 e. The SMILES string of the molecule is O=C1N[C@@H](CCc2ccccc2)[C@H](C(F)(F)F)O1. The summed E-state index contributed by atoms with van der Waals surface area (Å²) in [7, 11) is 0. The Morgan fingerprint density at radius 1 is 1.22 bits per heavy atom. The minimum atomic E-state index is -4.53. The Morgan fingerprint density at radius 2 is 1.89 bits per heavy atom. The monoisotopic (exact) mass is 259 g/mol. The van der Waals surface area contributed by atoms with Crippen molar-refractivity contribution in [1.29, 1.82) is 0 Å². The van der Waals surface area contributed by atoms with Gasteiger partial charge >= 0.3 is 12.3 Å². The molecule has 0 aliphatic carbocycles. The van der Waals surface area contributed by atoms with E-state index in [-0.39, 0.29) is 6.42 Å². The largest absolute Gasteiger partial charge is 0.434 e. The molecule has 1 heterocycles. The van der Waals surface area contributed by atoms with E-state index >= 15 is 0 Å². The van der Waals surface area contributed by atoms with E-state index in [1.54, 1.807) is 0 Å². The molecule has 1 amide bonds. The van der Waals surface area contributed by atoms with Crippen LogP contribution in [0.25, 0.3) is 0 Å². The molecule has 1 aromatic rings. The molecule has 1 aliphatic rings. The van der Waals surface area contributed by atoms with Gasteiger partial charge in [-0.1, -0.05) is 30.3 Å². The van der Waals surface area contributed by atoms with Gasteiger partial charge in [0.05, 0.1) is 6.04 Å². The third kappa shape index (κ3) is 2.94. The number of alkyl carbamates (subject to hydrolysis) is 1. The van der Waals surface area contributed by atoms with Crippen LogP contribution in [-0.2, 0) is 11.2 Å². The van der Waals surface area contributed by atoms with E-state index in [0.717, 1.165) is 5.56 Å². The summed E-state index contributed by atoms with van der Waals surface area (Å²) in [6.45, 7) is 0. The Balaban J connectivity index is 1.98. The molecule has 1 aromatic carbocycles. The summed E-state index contributed by atoms with van der Waals surface area (Å²) in [6.07, 6.45) is -6.92. The number of carbonyl (C=O) groups is 1. The molecule has 2 atom stereocenters. The van der Waals surface area contributed by atoms with Crippen LogP contribution < -0.4 is 5.32 Å². The van der Waals surface area contributed by atoms with Gasteiger partial charge in [-0.2, -0.15) is 13.2 Å². The zero-order valence-electron chi connectivity index (χ0n) is 9.41. The summed E-state index contributed by atoms with van der Waals surface area (Å²) in [5, 5.41) is 2.20. The van der Waals surface area contributed by atoms with Crippen LogP contribution in [0.4, 0.5) is 18.0 Å². The Bertz CT molecular complexity index is 419. The predicted molar refractivity (Wildman–Crippen MR) is 58.0 cm³/mol. The van der Waals surface area contributed by atoms with Gasteiger partial charge in [0.25, 0.3) is 0 Å². The number of aryl methyl sites for hydroxylation is 1. The lowest BCUT2D eigenvalue weighted by Gasteiger charge is -2.19. The summed E-state index contributed by atoms with van der Waals surface area (Å²) in [4.78, 5) is 10.9. The lowest BCUT2D eigenvalue weighted by Crippen LogP contribution is -2.41. The molecule has 1 aliphatic heterocycles. The molecule has 2 rings (SSSR count). The van der Waals surface area contributed by atoms with Crippen molar-refractivity contribution in [2.75, 3.05) is 0 Å². The van der Waals surface area contributed by atoms with Crippen molar-refractivity contribution in [2.24, 2.45) is 0 Å². The highest BCUT2D eigenvalue weighted by atomic mass is 19.4.